The van der Waals surface area contributed by atoms with Gasteiger partial charge in [-0.3, -0.25) is 15.1 Å². The highest BCUT2D eigenvalue weighted by Crippen LogP contribution is 2.23. The number of aromatic nitrogens is 4. The van der Waals surface area contributed by atoms with Gasteiger partial charge in [0.25, 0.3) is 5.56 Å². The van der Waals surface area contributed by atoms with Crippen molar-refractivity contribution in [2.24, 2.45) is 0 Å². The molecule has 0 fully saturated rings. The summed E-state index contributed by atoms with van der Waals surface area (Å²) >= 11 is 0. The Labute approximate surface area is 191 Å². The first-order chi connectivity index (χ1) is 16.0. The number of urea groups is 1. The van der Waals surface area contributed by atoms with E-state index in [0.717, 1.165) is 18.4 Å². The summed E-state index contributed by atoms with van der Waals surface area (Å²) in [5.74, 6) is 0.644. The van der Waals surface area contributed by atoms with Crippen LogP contribution >= 0.6 is 0 Å². The normalized spacial score (nSPS) is 10.7. The molecular weight excluding hydrogens is 416 g/mol. The van der Waals surface area contributed by atoms with E-state index in [9.17, 15) is 9.59 Å². The zero-order chi connectivity index (χ0) is 23.2. The number of nitrogens with zero attached hydrogens (tertiary/aromatic N) is 3. The smallest absolute Gasteiger partial charge is 0.320 e. The van der Waals surface area contributed by atoms with Crippen LogP contribution in [0.15, 0.2) is 71.5 Å². The van der Waals surface area contributed by atoms with Crippen molar-refractivity contribution in [2.45, 2.75) is 26.7 Å². The van der Waals surface area contributed by atoms with Crippen molar-refractivity contribution >= 4 is 11.8 Å². The number of H-pyrrole nitrogens is 1. The molecule has 8 nitrogen and oxygen atoms in total. The van der Waals surface area contributed by atoms with E-state index in [1.165, 1.54) is 10.2 Å². The largest absolute Gasteiger partial charge is 0.338 e. The molecule has 2 aromatic carbocycles. The minimum atomic E-state index is -0.352. The maximum Gasteiger partial charge on any atom is 0.320 e. The quantitative estimate of drug-likeness (QED) is 0.376. The van der Waals surface area contributed by atoms with Gasteiger partial charge in [0, 0.05) is 29.4 Å². The molecule has 8 heteroatoms. The third-order valence-corrected chi connectivity index (χ3v) is 5.37. The van der Waals surface area contributed by atoms with E-state index in [1.54, 1.807) is 19.9 Å². The van der Waals surface area contributed by atoms with Crippen LogP contribution in [-0.2, 0) is 6.42 Å². The second-order valence-corrected chi connectivity index (χ2v) is 7.76. The van der Waals surface area contributed by atoms with Crippen molar-refractivity contribution in [3.05, 3.63) is 93.9 Å². The van der Waals surface area contributed by atoms with Gasteiger partial charge in [-0.25, -0.2) is 9.78 Å². The zero-order valence-corrected chi connectivity index (χ0v) is 18.6. The average Bonchev–Trinajstić information content (AvgIpc) is 3.25. The predicted molar refractivity (Wildman–Crippen MR) is 129 cm³/mol. The fourth-order valence-electron chi connectivity index (χ4n) is 3.41. The molecule has 2 aromatic heterocycles. The molecule has 4 rings (SSSR count). The van der Waals surface area contributed by atoms with Crippen molar-refractivity contribution in [3.8, 4) is 17.2 Å². The Bertz CT molecular complexity index is 1300. The molecular formula is C25H26N6O2. The van der Waals surface area contributed by atoms with E-state index in [1.807, 2.05) is 48.5 Å². The minimum absolute atomic E-state index is 0.240. The molecule has 0 aliphatic heterocycles. The first-order valence-electron chi connectivity index (χ1n) is 10.8. The van der Waals surface area contributed by atoms with Gasteiger partial charge in [-0.05, 0) is 32.3 Å². The summed E-state index contributed by atoms with van der Waals surface area (Å²) < 4.78 is 1.44. The first kappa shape index (κ1) is 22.0. The van der Waals surface area contributed by atoms with Crippen molar-refractivity contribution in [2.75, 3.05) is 11.9 Å². The molecule has 0 saturated heterocycles. The standard InChI is InChI=1S/C25H26N6O2/c1-17-18(2)27-24(29-23(17)32)31-22(16-21(30-31)20-13-7-4-8-14-20)28-25(33)26-15-9-12-19-10-5-3-6-11-19/h3-8,10-11,13-14,16H,9,12,15H2,1-2H3,(H2,26,28,33)(H,27,29,32). The molecule has 0 atom stereocenters. The average molecular weight is 443 g/mol. The molecule has 0 spiro atoms. The van der Waals surface area contributed by atoms with E-state index in [0.29, 0.717) is 29.3 Å². The van der Waals surface area contributed by atoms with Crippen LogP contribution < -0.4 is 16.2 Å². The first-order valence-corrected chi connectivity index (χ1v) is 10.8. The second kappa shape index (κ2) is 9.95. The number of rotatable bonds is 7. The number of benzene rings is 2. The van der Waals surface area contributed by atoms with Crippen LogP contribution in [0.3, 0.4) is 0 Å². The number of amides is 2. The van der Waals surface area contributed by atoms with Crippen LogP contribution in [0.1, 0.15) is 23.2 Å². The van der Waals surface area contributed by atoms with Gasteiger partial charge in [0.2, 0.25) is 5.95 Å². The summed E-state index contributed by atoms with van der Waals surface area (Å²) in [5, 5.41) is 10.3. The highest BCUT2D eigenvalue weighted by molar-refractivity contribution is 5.89. The monoisotopic (exact) mass is 442 g/mol. The van der Waals surface area contributed by atoms with Gasteiger partial charge in [0.05, 0.1) is 5.69 Å². The molecule has 168 valence electrons. The maximum atomic E-state index is 12.6. The molecule has 0 unspecified atom stereocenters. The van der Waals surface area contributed by atoms with Crippen LogP contribution in [0.2, 0.25) is 0 Å². The summed E-state index contributed by atoms with van der Waals surface area (Å²) in [5.41, 5.74) is 3.66. The predicted octanol–water partition coefficient (Wildman–Crippen LogP) is 3.99. The lowest BCUT2D eigenvalue weighted by Gasteiger charge is -2.10. The van der Waals surface area contributed by atoms with E-state index < -0.39 is 0 Å². The Hall–Kier alpha value is -4.20. The lowest BCUT2D eigenvalue weighted by molar-refractivity contribution is 0.252. The molecule has 0 saturated carbocycles. The van der Waals surface area contributed by atoms with Crippen LogP contribution in [-0.4, -0.2) is 32.3 Å². The molecule has 4 aromatic rings. The van der Waals surface area contributed by atoms with Gasteiger partial charge in [-0.2, -0.15) is 9.78 Å². The van der Waals surface area contributed by atoms with Gasteiger partial charge in [0.15, 0.2) is 0 Å². The molecule has 0 radical (unpaired) electrons. The SMILES string of the molecule is Cc1nc(-n2nc(-c3ccccc3)cc2NC(=O)NCCCc2ccccc2)[nH]c(=O)c1C. The van der Waals surface area contributed by atoms with Crippen molar-refractivity contribution in [1.29, 1.82) is 0 Å². The lowest BCUT2D eigenvalue weighted by Crippen LogP contribution is -2.31. The van der Waals surface area contributed by atoms with Crippen molar-refractivity contribution in [1.82, 2.24) is 25.1 Å². The summed E-state index contributed by atoms with van der Waals surface area (Å²) in [4.78, 5) is 32.1. The topological polar surface area (TPSA) is 105 Å². The number of hydrogen-bond acceptors (Lipinski definition) is 4. The van der Waals surface area contributed by atoms with Crippen LogP contribution in [0.25, 0.3) is 17.2 Å². The summed E-state index contributed by atoms with van der Waals surface area (Å²) in [6.07, 6.45) is 1.70. The molecule has 33 heavy (non-hydrogen) atoms. The third-order valence-electron chi connectivity index (χ3n) is 5.37. The van der Waals surface area contributed by atoms with E-state index >= 15 is 0 Å². The Morgan fingerprint density at radius 2 is 1.73 bits per heavy atom. The number of aromatic amines is 1. The zero-order valence-electron chi connectivity index (χ0n) is 18.6. The van der Waals surface area contributed by atoms with E-state index in [2.05, 4.69) is 37.8 Å². The van der Waals surface area contributed by atoms with Gasteiger partial charge >= 0.3 is 6.03 Å². The van der Waals surface area contributed by atoms with E-state index in [-0.39, 0.29) is 17.5 Å². The Morgan fingerprint density at radius 3 is 2.42 bits per heavy atom. The molecule has 0 aliphatic rings. The number of carbonyl (C=O) groups is 1. The Kier molecular flexibility index (Phi) is 6.64. The number of aryl methyl sites for hydroxylation is 2. The lowest BCUT2D eigenvalue weighted by atomic mass is 10.1. The summed E-state index contributed by atoms with van der Waals surface area (Å²) in [6.45, 7) is 4.01. The minimum Gasteiger partial charge on any atom is -0.338 e. The van der Waals surface area contributed by atoms with Gasteiger partial charge in [-0.1, -0.05) is 60.7 Å². The fraction of sp³-hybridized carbons (Fsp3) is 0.200. The number of carbonyl (C=O) groups excluding carboxylic acids is 1. The Morgan fingerprint density at radius 1 is 1.03 bits per heavy atom. The highest BCUT2D eigenvalue weighted by atomic mass is 16.2. The number of hydrogen-bond donors (Lipinski definition) is 3. The highest BCUT2D eigenvalue weighted by Gasteiger charge is 2.16. The van der Waals surface area contributed by atoms with Crippen molar-refractivity contribution < 1.29 is 4.79 Å². The molecule has 3 N–H and O–H groups in total. The molecule has 2 heterocycles. The van der Waals surface area contributed by atoms with E-state index in [4.69, 9.17) is 0 Å². The van der Waals surface area contributed by atoms with Crippen LogP contribution in [0, 0.1) is 13.8 Å². The maximum absolute atomic E-state index is 12.6. The van der Waals surface area contributed by atoms with Gasteiger partial charge in [-0.15, -0.1) is 0 Å². The fourth-order valence-corrected chi connectivity index (χ4v) is 3.41. The van der Waals surface area contributed by atoms with Crippen LogP contribution in [0.4, 0.5) is 10.6 Å². The molecule has 0 aliphatic carbocycles. The van der Waals surface area contributed by atoms with Gasteiger partial charge in [0.1, 0.15) is 5.82 Å². The summed E-state index contributed by atoms with van der Waals surface area (Å²) in [7, 11) is 0. The second-order valence-electron chi connectivity index (χ2n) is 7.76. The molecule has 0 bridgehead atoms. The van der Waals surface area contributed by atoms with Crippen molar-refractivity contribution in [3.63, 3.8) is 0 Å². The Balaban J connectivity index is 1.53. The molecule has 2 amide bonds. The number of anilines is 1. The van der Waals surface area contributed by atoms with Gasteiger partial charge < -0.3 is 5.32 Å². The van der Waals surface area contributed by atoms with Crippen LogP contribution in [0.5, 0.6) is 0 Å². The third kappa shape index (κ3) is 5.35. The summed E-state index contributed by atoms with van der Waals surface area (Å²) in [6, 6.07) is 21.1. The number of nitrogens with one attached hydrogen (secondary N) is 3.